The summed E-state index contributed by atoms with van der Waals surface area (Å²) in [5.74, 6) is 0. The second kappa shape index (κ2) is 4.62. The molecule has 0 saturated carbocycles. The highest BCUT2D eigenvalue weighted by molar-refractivity contribution is 5.88. The molecule has 0 unspecified atom stereocenters. The van der Waals surface area contributed by atoms with Gasteiger partial charge < -0.3 is 4.57 Å². The van der Waals surface area contributed by atoms with Crippen LogP contribution in [0.1, 0.15) is 25.1 Å². The summed E-state index contributed by atoms with van der Waals surface area (Å²) in [4.78, 5) is 0. The van der Waals surface area contributed by atoms with Crippen LogP contribution in [-0.4, -0.2) is 4.57 Å². The van der Waals surface area contributed by atoms with E-state index in [0.29, 0.717) is 0 Å². The van der Waals surface area contributed by atoms with Crippen LogP contribution in [0.5, 0.6) is 0 Å². The van der Waals surface area contributed by atoms with Crippen LogP contribution in [0.25, 0.3) is 17.0 Å². The largest absolute Gasteiger partial charge is 0.341 e. The Labute approximate surface area is 103 Å². The van der Waals surface area contributed by atoms with Crippen LogP contribution in [0, 0.1) is 6.92 Å². The molecule has 2 rings (SSSR count). The zero-order chi connectivity index (χ0) is 12.4. The van der Waals surface area contributed by atoms with Crippen LogP contribution in [-0.2, 0) is 6.54 Å². The minimum Gasteiger partial charge on any atom is -0.341 e. The minimum absolute atomic E-state index is 0.990. The molecule has 0 aliphatic carbocycles. The summed E-state index contributed by atoms with van der Waals surface area (Å²) < 4.78 is 2.35. The van der Waals surface area contributed by atoms with Gasteiger partial charge in [0, 0.05) is 23.1 Å². The third-order valence-electron chi connectivity index (χ3n) is 3.12. The Bertz CT molecular complexity index is 585. The topological polar surface area (TPSA) is 4.93 Å². The first-order valence-electron chi connectivity index (χ1n) is 6.06. The molecule has 0 N–H and O–H groups in total. The van der Waals surface area contributed by atoms with Gasteiger partial charge in [-0.1, -0.05) is 36.4 Å². The van der Waals surface area contributed by atoms with E-state index in [4.69, 9.17) is 0 Å². The highest BCUT2D eigenvalue weighted by atomic mass is 15.0. The molecule has 1 aromatic carbocycles. The molecule has 1 aromatic heterocycles. The van der Waals surface area contributed by atoms with Crippen molar-refractivity contribution in [2.75, 3.05) is 0 Å². The van der Waals surface area contributed by atoms with E-state index in [0.717, 1.165) is 12.1 Å². The second-order valence-electron chi connectivity index (χ2n) is 4.45. The normalized spacial score (nSPS) is 11.5. The van der Waals surface area contributed by atoms with Crippen molar-refractivity contribution in [3.8, 4) is 0 Å². The number of hydrogen-bond donors (Lipinski definition) is 0. The predicted octanol–water partition coefficient (Wildman–Crippen LogP) is 4.56. The number of rotatable bonds is 3. The van der Waals surface area contributed by atoms with E-state index < -0.39 is 0 Å². The van der Waals surface area contributed by atoms with E-state index in [9.17, 15) is 0 Å². The number of nitrogens with zero attached hydrogens (tertiary/aromatic N) is 1. The van der Waals surface area contributed by atoms with E-state index in [-0.39, 0.29) is 0 Å². The average Bonchev–Trinajstić information content (AvgIpc) is 2.60. The number of hydrogen-bond acceptors (Lipinski definition) is 0. The van der Waals surface area contributed by atoms with Gasteiger partial charge in [0.05, 0.1) is 0 Å². The molecule has 2 aromatic rings. The quantitative estimate of drug-likeness (QED) is 0.675. The van der Waals surface area contributed by atoms with Crippen molar-refractivity contribution >= 4 is 17.0 Å². The van der Waals surface area contributed by atoms with Crippen molar-refractivity contribution in [2.45, 2.75) is 27.3 Å². The van der Waals surface area contributed by atoms with E-state index in [2.05, 4.69) is 61.4 Å². The van der Waals surface area contributed by atoms with Gasteiger partial charge in [-0.2, -0.15) is 0 Å². The first kappa shape index (κ1) is 11.7. The van der Waals surface area contributed by atoms with Crippen molar-refractivity contribution in [3.63, 3.8) is 0 Å². The molecule has 0 radical (unpaired) electrons. The number of aromatic nitrogens is 1. The zero-order valence-corrected chi connectivity index (χ0v) is 10.8. The van der Waals surface area contributed by atoms with Gasteiger partial charge >= 0.3 is 0 Å². The van der Waals surface area contributed by atoms with Crippen molar-refractivity contribution in [3.05, 3.63) is 53.8 Å². The third kappa shape index (κ3) is 2.05. The molecule has 0 amide bonds. The fourth-order valence-corrected chi connectivity index (χ4v) is 2.27. The van der Waals surface area contributed by atoms with E-state index in [1.807, 2.05) is 6.92 Å². The van der Waals surface area contributed by atoms with Crippen LogP contribution in [0.3, 0.4) is 0 Å². The highest BCUT2D eigenvalue weighted by Gasteiger charge is 2.09. The lowest BCUT2D eigenvalue weighted by molar-refractivity contribution is 0.787. The Kier molecular flexibility index (Phi) is 3.19. The van der Waals surface area contributed by atoms with E-state index >= 15 is 0 Å². The van der Waals surface area contributed by atoms with Crippen LogP contribution in [0.2, 0.25) is 0 Å². The van der Waals surface area contributed by atoms with Crippen molar-refractivity contribution in [2.24, 2.45) is 0 Å². The molecule has 1 heteroatoms. The van der Waals surface area contributed by atoms with Crippen molar-refractivity contribution in [1.29, 1.82) is 0 Å². The Morgan fingerprint density at radius 3 is 2.71 bits per heavy atom. The van der Waals surface area contributed by atoms with Crippen LogP contribution in [0.4, 0.5) is 0 Å². The maximum Gasteiger partial charge on any atom is 0.0487 e. The standard InChI is InChI=1S/C16H19N/c1-5-17-15(11-10-12(2)3)13(4)14-8-6-7-9-16(14)17/h6-11H,2,5H2,1,3-4H3/b11-10-. The summed E-state index contributed by atoms with van der Waals surface area (Å²) in [6.45, 7) is 11.3. The number of benzene rings is 1. The average molecular weight is 225 g/mol. The highest BCUT2D eigenvalue weighted by Crippen LogP contribution is 2.26. The van der Waals surface area contributed by atoms with Gasteiger partial charge in [0.2, 0.25) is 0 Å². The van der Waals surface area contributed by atoms with Crippen molar-refractivity contribution < 1.29 is 0 Å². The molecule has 0 spiro atoms. The van der Waals surface area contributed by atoms with Gasteiger partial charge in [-0.25, -0.2) is 0 Å². The molecular weight excluding hydrogens is 206 g/mol. The lowest BCUT2D eigenvalue weighted by Gasteiger charge is -2.04. The Hall–Kier alpha value is -1.76. The van der Waals surface area contributed by atoms with Crippen LogP contribution < -0.4 is 0 Å². The van der Waals surface area contributed by atoms with Gasteiger partial charge in [0.15, 0.2) is 0 Å². The Balaban J connectivity index is 2.69. The second-order valence-corrected chi connectivity index (χ2v) is 4.45. The summed E-state index contributed by atoms with van der Waals surface area (Å²) in [5, 5.41) is 1.34. The van der Waals surface area contributed by atoms with Gasteiger partial charge in [0.1, 0.15) is 0 Å². The van der Waals surface area contributed by atoms with Gasteiger partial charge in [-0.15, -0.1) is 0 Å². The van der Waals surface area contributed by atoms with Crippen molar-refractivity contribution in [1.82, 2.24) is 4.57 Å². The number of fused-ring (bicyclic) bond motifs is 1. The summed E-state index contributed by atoms with van der Waals surface area (Å²) in [6, 6.07) is 8.57. The predicted molar refractivity (Wildman–Crippen MR) is 76.2 cm³/mol. The fourth-order valence-electron chi connectivity index (χ4n) is 2.27. The molecule has 0 aliphatic heterocycles. The van der Waals surface area contributed by atoms with Crippen LogP contribution >= 0.6 is 0 Å². The summed E-state index contributed by atoms with van der Waals surface area (Å²) >= 11 is 0. The smallest absolute Gasteiger partial charge is 0.0487 e. The monoisotopic (exact) mass is 225 g/mol. The Morgan fingerprint density at radius 1 is 1.35 bits per heavy atom. The van der Waals surface area contributed by atoms with Gasteiger partial charge in [-0.3, -0.25) is 0 Å². The van der Waals surface area contributed by atoms with E-state index in [1.165, 1.54) is 22.2 Å². The van der Waals surface area contributed by atoms with Crippen LogP contribution in [0.15, 0.2) is 42.5 Å². The molecule has 0 fully saturated rings. The van der Waals surface area contributed by atoms with E-state index in [1.54, 1.807) is 0 Å². The number of para-hydroxylation sites is 1. The number of aryl methyl sites for hydroxylation is 2. The summed E-state index contributed by atoms with van der Waals surface area (Å²) in [7, 11) is 0. The Morgan fingerprint density at radius 2 is 2.06 bits per heavy atom. The van der Waals surface area contributed by atoms with Gasteiger partial charge in [-0.05, 0) is 38.5 Å². The lowest BCUT2D eigenvalue weighted by atomic mass is 10.1. The lowest BCUT2D eigenvalue weighted by Crippen LogP contribution is -1.96. The SMILES string of the molecule is C=C(C)/C=C\c1c(C)c2ccccc2n1CC. The molecule has 88 valence electrons. The molecule has 1 heterocycles. The van der Waals surface area contributed by atoms with Gasteiger partial charge in [0.25, 0.3) is 0 Å². The molecule has 0 atom stereocenters. The molecule has 0 bridgehead atoms. The maximum absolute atomic E-state index is 3.91. The first-order valence-corrected chi connectivity index (χ1v) is 6.06. The maximum atomic E-state index is 3.91. The molecule has 1 nitrogen and oxygen atoms in total. The fraction of sp³-hybridized carbons (Fsp3) is 0.250. The molecule has 0 saturated heterocycles. The molecular formula is C16H19N. The summed E-state index contributed by atoms with van der Waals surface area (Å²) in [5.41, 5.74) is 5.03. The first-order chi connectivity index (χ1) is 8.15. The minimum atomic E-state index is 0.990. The summed E-state index contributed by atoms with van der Waals surface area (Å²) in [6.07, 6.45) is 4.24. The zero-order valence-electron chi connectivity index (χ0n) is 10.8. The molecule has 0 aliphatic rings. The molecule has 17 heavy (non-hydrogen) atoms. The number of allylic oxidation sites excluding steroid dienone is 2. The third-order valence-corrected chi connectivity index (χ3v) is 3.12.